The predicted molar refractivity (Wildman–Crippen MR) is 55.8 cm³/mol. The molecule has 4 nitrogen and oxygen atoms in total. The van der Waals surface area contributed by atoms with Crippen LogP contribution in [0.2, 0.25) is 0 Å². The van der Waals surface area contributed by atoms with Crippen molar-refractivity contribution < 1.29 is 4.74 Å². The minimum Gasteiger partial charge on any atom is -0.375 e. The predicted octanol–water partition coefficient (Wildman–Crippen LogP) is 0.935. The first-order valence-corrected chi connectivity index (χ1v) is 4.65. The van der Waals surface area contributed by atoms with E-state index in [1.807, 2.05) is 11.5 Å². The number of imidazole rings is 1. The topological polar surface area (TPSA) is 53.1 Å². The molecule has 0 spiro atoms. The quantitative estimate of drug-likeness (QED) is 0.543. The van der Waals surface area contributed by atoms with E-state index < -0.39 is 0 Å². The van der Waals surface area contributed by atoms with Crippen molar-refractivity contribution in [2.24, 2.45) is 5.73 Å². The fourth-order valence-electron chi connectivity index (χ4n) is 1.13. The lowest BCUT2D eigenvalue weighted by atomic mass is 10.4. The van der Waals surface area contributed by atoms with Gasteiger partial charge in [0.25, 0.3) is 0 Å². The molecule has 0 aliphatic rings. The van der Waals surface area contributed by atoms with Crippen molar-refractivity contribution in [2.75, 3.05) is 13.2 Å². The summed E-state index contributed by atoms with van der Waals surface area (Å²) in [6, 6.07) is 0. The first kappa shape index (κ1) is 10.9. The standard InChI is InChI=1S/C10H17N3O/c1-9(2)7-14-4-3-13-8-12-6-10(13)5-11/h6,8H,1,3-5,7,11H2,2H3. The molecule has 14 heavy (non-hydrogen) atoms. The lowest BCUT2D eigenvalue weighted by molar-refractivity contribution is 0.147. The highest BCUT2D eigenvalue weighted by molar-refractivity contribution is 4.97. The van der Waals surface area contributed by atoms with E-state index in [-0.39, 0.29) is 0 Å². The first-order valence-electron chi connectivity index (χ1n) is 4.65. The highest BCUT2D eigenvalue weighted by atomic mass is 16.5. The number of nitrogens with two attached hydrogens (primary N) is 1. The molecule has 1 aromatic rings. The molecular formula is C10H17N3O. The van der Waals surface area contributed by atoms with Crippen LogP contribution < -0.4 is 5.73 Å². The minimum absolute atomic E-state index is 0.514. The van der Waals surface area contributed by atoms with Gasteiger partial charge in [-0.25, -0.2) is 4.98 Å². The van der Waals surface area contributed by atoms with Gasteiger partial charge >= 0.3 is 0 Å². The Bertz CT molecular complexity index is 293. The molecule has 0 atom stereocenters. The third kappa shape index (κ3) is 3.32. The minimum atomic E-state index is 0.514. The molecule has 0 aliphatic heterocycles. The van der Waals surface area contributed by atoms with Crippen molar-refractivity contribution in [2.45, 2.75) is 20.0 Å². The maximum absolute atomic E-state index is 5.53. The van der Waals surface area contributed by atoms with Crippen molar-refractivity contribution in [1.82, 2.24) is 9.55 Å². The largest absolute Gasteiger partial charge is 0.375 e. The van der Waals surface area contributed by atoms with Gasteiger partial charge in [0, 0.05) is 19.3 Å². The second kappa shape index (κ2) is 5.57. The van der Waals surface area contributed by atoms with Gasteiger partial charge in [-0.15, -0.1) is 0 Å². The zero-order chi connectivity index (χ0) is 10.4. The molecule has 0 bridgehead atoms. The lowest BCUT2D eigenvalue weighted by Crippen LogP contribution is -2.11. The number of nitrogens with zero attached hydrogens (tertiary/aromatic N) is 2. The Morgan fingerprint density at radius 2 is 2.50 bits per heavy atom. The van der Waals surface area contributed by atoms with Crippen LogP contribution in [0.25, 0.3) is 0 Å². The van der Waals surface area contributed by atoms with E-state index in [9.17, 15) is 0 Å². The molecule has 2 N–H and O–H groups in total. The number of hydrogen-bond donors (Lipinski definition) is 1. The van der Waals surface area contributed by atoms with Crippen LogP contribution in [-0.4, -0.2) is 22.8 Å². The monoisotopic (exact) mass is 195 g/mol. The van der Waals surface area contributed by atoms with Crippen molar-refractivity contribution in [1.29, 1.82) is 0 Å². The van der Waals surface area contributed by atoms with E-state index in [0.29, 0.717) is 19.8 Å². The molecule has 4 heteroatoms. The van der Waals surface area contributed by atoms with E-state index in [2.05, 4.69) is 11.6 Å². The Labute approximate surface area is 84.4 Å². The van der Waals surface area contributed by atoms with Crippen LogP contribution in [0.3, 0.4) is 0 Å². The number of aromatic nitrogens is 2. The van der Waals surface area contributed by atoms with Gasteiger partial charge in [-0.3, -0.25) is 0 Å². The molecule has 0 aliphatic carbocycles. The van der Waals surface area contributed by atoms with Gasteiger partial charge in [-0.2, -0.15) is 0 Å². The second-order valence-electron chi connectivity index (χ2n) is 3.29. The molecule has 0 fully saturated rings. The van der Waals surface area contributed by atoms with Crippen molar-refractivity contribution in [3.8, 4) is 0 Å². The van der Waals surface area contributed by atoms with Crippen molar-refractivity contribution in [3.63, 3.8) is 0 Å². The van der Waals surface area contributed by atoms with Crippen molar-refractivity contribution in [3.05, 3.63) is 30.4 Å². The summed E-state index contributed by atoms with van der Waals surface area (Å²) in [4.78, 5) is 4.02. The summed E-state index contributed by atoms with van der Waals surface area (Å²) >= 11 is 0. The summed E-state index contributed by atoms with van der Waals surface area (Å²) < 4.78 is 7.38. The summed E-state index contributed by atoms with van der Waals surface area (Å²) in [6.07, 6.45) is 3.55. The Morgan fingerprint density at radius 1 is 1.71 bits per heavy atom. The average Bonchev–Trinajstić information content (AvgIpc) is 2.59. The molecule has 0 radical (unpaired) electrons. The zero-order valence-corrected chi connectivity index (χ0v) is 8.57. The van der Waals surface area contributed by atoms with Crippen LogP contribution in [-0.2, 0) is 17.8 Å². The summed E-state index contributed by atoms with van der Waals surface area (Å²) in [6.45, 7) is 8.29. The smallest absolute Gasteiger partial charge is 0.0949 e. The van der Waals surface area contributed by atoms with E-state index in [4.69, 9.17) is 10.5 Å². The maximum atomic E-state index is 5.53. The Hall–Kier alpha value is -1.13. The number of rotatable bonds is 6. The second-order valence-corrected chi connectivity index (χ2v) is 3.29. The van der Waals surface area contributed by atoms with Crippen LogP contribution in [0.15, 0.2) is 24.7 Å². The maximum Gasteiger partial charge on any atom is 0.0949 e. The van der Waals surface area contributed by atoms with E-state index in [1.165, 1.54) is 0 Å². The molecular weight excluding hydrogens is 178 g/mol. The van der Waals surface area contributed by atoms with Crippen LogP contribution in [0, 0.1) is 0 Å². The Kier molecular flexibility index (Phi) is 4.35. The van der Waals surface area contributed by atoms with Crippen LogP contribution in [0.4, 0.5) is 0 Å². The van der Waals surface area contributed by atoms with Gasteiger partial charge in [-0.1, -0.05) is 12.2 Å². The summed E-state index contributed by atoms with van der Waals surface area (Å²) in [7, 11) is 0. The van der Waals surface area contributed by atoms with Gasteiger partial charge in [0.2, 0.25) is 0 Å². The molecule has 78 valence electrons. The average molecular weight is 195 g/mol. The molecule has 0 aromatic carbocycles. The SMILES string of the molecule is C=C(C)COCCn1cncc1CN. The van der Waals surface area contributed by atoms with Crippen LogP contribution in [0.1, 0.15) is 12.6 Å². The Morgan fingerprint density at radius 3 is 3.14 bits per heavy atom. The van der Waals surface area contributed by atoms with Crippen LogP contribution in [0.5, 0.6) is 0 Å². The summed E-state index contributed by atoms with van der Waals surface area (Å²) in [5, 5.41) is 0. The molecule has 0 unspecified atom stereocenters. The van der Waals surface area contributed by atoms with E-state index in [1.54, 1.807) is 12.5 Å². The fourth-order valence-corrected chi connectivity index (χ4v) is 1.13. The molecule has 0 saturated heterocycles. The lowest BCUT2D eigenvalue weighted by Gasteiger charge is -2.07. The van der Waals surface area contributed by atoms with Gasteiger partial charge in [0.1, 0.15) is 0 Å². The highest BCUT2D eigenvalue weighted by Gasteiger charge is 1.98. The fraction of sp³-hybridized carbons (Fsp3) is 0.500. The molecule has 1 rings (SSSR count). The normalized spacial score (nSPS) is 10.4. The molecule has 1 heterocycles. The summed E-state index contributed by atoms with van der Waals surface area (Å²) in [5.41, 5.74) is 7.60. The van der Waals surface area contributed by atoms with Gasteiger partial charge in [-0.05, 0) is 6.92 Å². The third-order valence-electron chi connectivity index (χ3n) is 1.83. The number of ether oxygens (including phenoxy) is 1. The van der Waals surface area contributed by atoms with Gasteiger partial charge in [0.15, 0.2) is 0 Å². The summed E-state index contributed by atoms with van der Waals surface area (Å²) in [5.74, 6) is 0. The van der Waals surface area contributed by atoms with E-state index >= 15 is 0 Å². The van der Waals surface area contributed by atoms with Gasteiger partial charge < -0.3 is 15.0 Å². The highest BCUT2D eigenvalue weighted by Crippen LogP contribution is 1.98. The Balaban J connectivity index is 2.27. The third-order valence-corrected chi connectivity index (χ3v) is 1.83. The van der Waals surface area contributed by atoms with Crippen molar-refractivity contribution >= 4 is 0 Å². The number of hydrogen-bond acceptors (Lipinski definition) is 3. The molecule has 0 saturated carbocycles. The zero-order valence-electron chi connectivity index (χ0n) is 8.57. The molecule has 0 amide bonds. The van der Waals surface area contributed by atoms with E-state index in [0.717, 1.165) is 17.8 Å². The van der Waals surface area contributed by atoms with Gasteiger partial charge in [0.05, 0.1) is 25.2 Å². The molecule has 1 aromatic heterocycles. The first-order chi connectivity index (χ1) is 6.74. The van der Waals surface area contributed by atoms with Crippen LogP contribution >= 0.6 is 0 Å².